The minimum Gasteiger partial charge on any atom is -0.337 e. The number of carbonyl (C=O) groups excluding carboxylic acids is 1. The fourth-order valence-electron chi connectivity index (χ4n) is 2.27. The highest BCUT2D eigenvalue weighted by atomic mass is 19.3. The molecule has 21 heavy (non-hydrogen) atoms. The quantitative estimate of drug-likeness (QED) is 0.889. The number of hydrogen-bond donors (Lipinski definition) is 1. The zero-order valence-corrected chi connectivity index (χ0v) is 12.2. The van der Waals surface area contributed by atoms with E-state index in [1.807, 2.05) is 11.9 Å². The molecular formula is C12H20F2N6O. The maximum atomic E-state index is 12.7. The number of nitrogens with zero attached hydrogens (tertiary/aromatic N) is 5. The molecule has 0 saturated carbocycles. The number of piperazine rings is 1. The molecule has 1 N–H and O–H groups in total. The van der Waals surface area contributed by atoms with Crippen molar-refractivity contribution in [2.45, 2.75) is 25.8 Å². The molecule has 2 rings (SSSR count). The smallest absolute Gasteiger partial charge is 0.317 e. The van der Waals surface area contributed by atoms with Crippen LogP contribution in [0, 0.1) is 0 Å². The van der Waals surface area contributed by atoms with E-state index < -0.39 is 18.5 Å². The Morgan fingerprint density at radius 3 is 2.52 bits per heavy atom. The fraction of sp³-hybridized carbons (Fsp3) is 0.750. The topological polar surface area (TPSA) is 66.3 Å². The molecule has 7 nitrogen and oxygen atoms in total. The van der Waals surface area contributed by atoms with E-state index in [0.29, 0.717) is 26.2 Å². The van der Waals surface area contributed by atoms with Crippen LogP contribution in [-0.2, 0) is 7.05 Å². The third-order valence-electron chi connectivity index (χ3n) is 3.59. The van der Waals surface area contributed by atoms with Gasteiger partial charge in [-0.1, -0.05) is 6.92 Å². The van der Waals surface area contributed by atoms with Crippen LogP contribution in [0.15, 0.2) is 6.33 Å². The molecule has 1 unspecified atom stereocenters. The summed E-state index contributed by atoms with van der Waals surface area (Å²) in [6, 6.07) is -1.52. The summed E-state index contributed by atoms with van der Waals surface area (Å²) >= 11 is 0. The molecule has 0 aromatic carbocycles. The highest BCUT2D eigenvalue weighted by Crippen LogP contribution is 2.12. The molecular weight excluding hydrogens is 282 g/mol. The van der Waals surface area contributed by atoms with Crippen LogP contribution in [0.4, 0.5) is 19.5 Å². The van der Waals surface area contributed by atoms with Crippen LogP contribution in [0.3, 0.4) is 0 Å². The van der Waals surface area contributed by atoms with E-state index in [9.17, 15) is 13.6 Å². The number of nitrogens with one attached hydrogen (secondary N) is 1. The lowest BCUT2D eigenvalue weighted by molar-refractivity contribution is 0.0942. The summed E-state index contributed by atoms with van der Waals surface area (Å²) in [5.41, 5.74) is 0. The molecule has 2 heterocycles. The minimum absolute atomic E-state index is 0.211. The molecule has 1 fully saturated rings. The Hall–Kier alpha value is -1.93. The summed E-state index contributed by atoms with van der Waals surface area (Å²) in [5, 5.41) is 10.2. The fourth-order valence-corrected chi connectivity index (χ4v) is 2.27. The Morgan fingerprint density at radius 2 is 2.05 bits per heavy atom. The second-order valence-corrected chi connectivity index (χ2v) is 5.01. The predicted molar refractivity (Wildman–Crippen MR) is 73.4 cm³/mol. The Balaban J connectivity index is 1.86. The van der Waals surface area contributed by atoms with E-state index in [4.69, 9.17) is 0 Å². The maximum absolute atomic E-state index is 12.7. The van der Waals surface area contributed by atoms with Crippen LogP contribution in [0.5, 0.6) is 0 Å². The summed E-state index contributed by atoms with van der Waals surface area (Å²) in [5.74, 6) is 0.745. The highest BCUT2D eigenvalue weighted by Gasteiger charge is 2.27. The summed E-state index contributed by atoms with van der Waals surface area (Å²) in [6.45, 7) is 3.77. The van der Waals surface area contributed by atoms with Crippen molar-refractivity contribution >= 4 is 12.0 Å². The van der Waals surface area contributed by atoms with Gasteiger partial charge in [0.25, 0.3) is 6.43 Å². The van der Waals surface area contributed by atoms with Crippen molar-refractivity contribution in [1.82, 2.24) is 25.0 Å². The number of hydrogen-bond acceptors (Lipinski definition) is 4. The summed E-state index contributed by atoms with van der Waals surface area (Å²) in [7, 11) is 1.85. The number of anilines is 1. The minimum atomic E-state index is -2.54. The number of aromatic nitrogens is 3. The normalized spacial score (nSPS) is 17.2. The van der Waals surface area contributed by atoms with Crippen molar-refractivity contribution in [3.63, 3.8) is 0 Å². The number of urea groups is 1. The maximum Gasteiger partial charge on any atom is 0.317 e. The first kappa shape index (κ1) is 15.5. The summed E-state index contributed by atoms with van der Waals surface area (Å²) in [6.07, 6.45) is -0.718. The molecule has 0 radical (unpaired) electrons. The van der Waals surface area contributed by atoms with Gasteiger partial charge in [0.15, 0.2) is 0 Å². The predicted octanol–water partition coefficient (Wildman–Crippen LogP) is 0.690. The van der Waals surface area contributed by atoms with Crippen LogP contribution in [-0.4, -0.2) is 64.3 Å². The summed E-state index contributed by atoms with van der Waals surface area (Å²) < 4.78 is 27.1. The average Bonchev–Trinajstić information content (AvgIpc) is 2.90. The number of amides is 2. The Morgan fingerprint density at radius 1 is 1.38 bits per heavy atom. The second-order valence-electron chi connectivity index (χ2n) is 5.01. The van der Waals surface area contributed by atoms with E-state index in [1.165, 1.54) is 0 Å². The first-order valence-corrected chi connectivity index (χ1v) is 6.95. The largest absolute Gasteiger partial charge is 0.337 e. The lowest BCUT2D eigenvalue weighted by atomic mass is 10.2. The van der Waals surface area contributed by atoms with Gasteiger partial charge in [-0.15, -0.1) is 10.2 Å². The van der Waals surface area contributed by atoms with Gasteiger partial charge in [-0.25, -0.2) is 13.6 Å². The van der Waals surface area contributed by atoms with Crippen LogP contribution in [0.25, 0.3) is 0 Å². The molecule has 2 amide bonds. The number of halogens is 2. The van der Waals surface area contributed by atoms with Crippen molar-refractivity contribution in [1.29, 1.82) is 0 Å². The number of alkyl halides is 2. The lowest BCUT2D eigenvalue weighted by Crippen LogP contribution is -2.54. The third kappa shape index (κ3) is 3.59. The molecule has 9 heteroatoms. The van der Waals surface area contributed by atoms with Crippen molar-refractivity contribution in [3.05, 3.63) is 6.33 Å². The molecule has 0 spiro atoms. The van der Waals surface area contributed by atoms with Crippen LogP contribution < -0.4 is 10.2 Å². The van der Waals surface area contributed by atoms with Crippen molar-refractivity contribution < 1.29 is 13.6 Å². The monoisotopic (exact) mass is 302 g/mol. The van der Waals surface area contributed by atoms with Gasteiger partial charge in [-0.05, 0) is 6.42 Å². The zero-order chi connectivity index (χ0) is 15.4. The van der Waals surface area contributed by atoms with Gasteiger partial charge >= 0.3 is 6.03 Å². The Labute approximate surface area is 121 Å². The lowest BCUT2D eigenvalue weighted by Gasteiger charge is -2.35. The first-order chi connectivity index (χ1) is 10.0. The van der Waals surface area contributed by atoms with Crippen molar-refractivity contribution in [2.75, 3.05) is 31.1 Å². The first-order valence-electron chi connectivity index (χ1n) is 6.95. The van der Waals surface area contributed by atoms with Crippen molar-refractivity contribution in [3.8, 4) is 0 Å². The standard InChI is InChI=1S/C12H20F2N6O/c1-3-9(10(13)14)16-12(21)20-6-4-19(5-7-20)11-17-15-8-18(11)2/h8-10H,3-7H2,1-2H3,(H,16,21). The molecule has 1 aromatic rings. The molecule has 118 valence electrons. The SMILES string of the molecule is CCC(NC(=O)N1CCN(c2nncn2C)CC1)C(F)F. The Bertz CT molecular complexity index is 472. The molecule has 1 atom stereocenters. The van der Waals surface area contributed by atoms with Crippen LogP contribution in [0.2, 0.25) is 0 Å². The Kier molecular flexibility index (Phi) is 4.92. The summed E-state index contributed by atoms with van der Waals surface area (Å²) in [4.78, 5) is 15.5. The van der Waals surface area contributed by atoms with Gasteiger partial charge in [0.2, 0.25) is 5.95 Å². The van der Waals surface area contributed by atoms with Gasteiger partial charge in [0.1, 0.15) is 6.33 Å². The number of rotatable bonds is 4. The molecule has 1 aliphatic heterocycles. The second kappa shape index (κ2) is 6.68. The van der Waals surface area contributed by atoms with Gasteiger partial charge in [-0.2, -0.15) is 0 Å². The van der Waals surface area contributed by atoms with E-state index in [-0.39, 0.29) is 6.42 Å². The van der Waals surface area contributed by atoms with Gasteiger partial charge in [0.05, 0.1) is 6.04 Å². The highest BCUT2D eigenvalue weighted by molar-refractivity contribution is 5.74. The van der Waals surface area contributed by atoms with Gasteiger partial charge in [0, 0.05) is 33.2 Å². The molecule has 1 saturated heterocycles. The van der Waals surface area contributed by atoms with Gasteiger partial charge in [-0.3, -0.25) is 0 Å². The van der Waals surface area contributed by atoms with E-state index >= 15 is 0 Å². The zero-order valence-electron chi connectivity index (χ0n) is 12.2. The third-order valence-corrected chi connectivity index (χ3v) is 3.59. The number of aryl methyl sites for hydroxylation is 1. The van der Waals surface area contributed by atoms with Crippen LogP contribution >= 0.6 is 0 Å². The average molecular weight is 302 g/mol. The van der Waals surface area contributed by atoms with Crippen molar-refractivity contribution in [2.24, 2.45) is 7.05 Å². The van der Waals surface area contributed by atoms with E-state index in [1.54, 1.807) is 22.7 Å². The van der Waals surface area contributed by atoms with Gasteiger partial charge < -0.3 is 19.7 Å². The van der Waals surface area contributed by atoms with E-state index in [0.717, 1.165) is 5.95 Å². The number of carbonyl (C=O) groups is 1. The molecule has 1 aromatic heterocycles. The van der Waals surface area contributed by atoms with E-state index in [2.05, 4.69) is 15.5 Å². The molecule has 0 aliphatic carbocycles. The molecule has 0 bridgehead atoms. The van der Waals surface area contributed by atoms with Crippen LogP contribution in [0.1, 0.15) is 13.3 Å². The molecule has 1 aliphatic rings.